The highest BCUT2D eigenvalue weighted by Gasteiger charge is 2.16. The summed E-state index contributed by atoms with van der Waals surface area (Å²) in [6.07, 6.45) is 1.42. The lowest BCUT2D eigenvalue weighted by Gasteiger charge is -2.10. The summed E-state index contributed by atoms with van der Waals surface area (Å²) in [4.78, 5) is 12.3. The number of amides is 1. The van der Waals surface area contributed by atoms with Gasteiger partial charge in [-0.15, -0.1) is 0 Å². The standard InChI is InChI=1S/C19H14FN3O3/c1-25-17-10-14-13(9-15(17)21-19(24)16-6-3-7-26-16)18(23-22-14)11-4-2-5-12(20)8-11/h2-10H,1H3,(H,21,24)(H,22,23). The normalized spacial score (nSPS) is 10.8. The lowest BCUT2D eigenvalue weighted by molar-refractivity contribution is 0.0996. The molecule has 4 rings (SSSR count). The van der Waals surface area contributed by atoms with Crippen molar-refractivity contribution in [2.75, 3.05) is 12.4 Å². The van der Waals surface area contributed by atoms with E-state index in [1.54, 1.807) is 36.4 Å². The largest absolute Gasteiger partial charge is 0.494 e. The number of halogens is 1. The van der Waals surface area contributed by atoms with Crippen molar-refractivity contribution in [1.82, 2.24) is 10.2 Å². The van der Waals surface area contributed by atoms with Crippen LogP contribution in [0.2, 0.25) is 0 Å². The number of nitrogens with one attached hydrogen (secondary N) is 2. The highest BCUT2D eigenvalue weighted by atomic mass is 19.1. The summed E-state index contributed by atoms with van der Waals surface area (Å²) in [5, 5.41) is 10.7. The van der Waals surface area contributed by atoms with E-state index in [9.17, 15) is 9.18 Å². The van der Waals surface area contributed by atoms with E-state index < -0.39 is 5.91 Å². The fraction of sp³-hybridized carbons (Fsp3) is 0.0526. The molecule has 1 amide bonds. The summed E-state index contributed by atoms with van der Waals surface area (Å²) < 4.78 is 24.0. The number of ether oxygens (including phenoxy) is 1. The molecule has 0 atom stereocenters. The summed E-state index contributed by atoms with van der Waals surface area (Å²) in [5.74, 6) is -0.0986. The maximum Gasteiger partial charge on any atom is 0.291 e. The SMILES string of the molecule is COc1cc2[nH]nc(-c3cccc(F)c3)c2cc1NC(=O)c1ccco1. The minimum absolute atomic E-state index is 0.185. The van der Waals surface area contributed by atoms with Crippen molar-refractivity contribution in [2.24, 2.45) is 0 Å². The number of hydrogen-bond acceptors (Lipinski definition) is 4. The van der Waals surface area contributed by atoms with Crippen LogP contribution in [0.1, 0.15) is 10.6 Å². The third-order valence-electron chi connectivity index (χ3n) is 3.97. The number of hydrogen-bond donors (Lipinski definition) is 2. The number of nitrogens with zero attached hydrogens (tertiary/aromatic N) is 1. The molecule has 0 aliphatic carbocycles. The van der Waals surface area contributed by atoms with Crippen molar-refractivity contribution < 1.29 is 18.3 Å². The molecule has 7 heteroatoms. The number of benzene rings is 2. The first-order valence-electron chi connectivity index (χ1n) is 7.82. The zero-order valence-electron chi connectivity index (χ0n) is 13.7. The van der Waals surface area contributed by atoms with Gasteiger partial charge in [0.05, 0.1) is 24.6 Å². The molecule has 2 heterocycles. The highest BCUT2D eigenvalue weighted by Crippen LogP contribution is 2.34. The average Bonchev–Trinajstić information content (AvgIpc) is 3.30. The lowest BCUT2D eigenvalue weighted by Crippen LogP contribution is -2.11. The number of aromatic nitrogens is 2. The van der Waals surface area contributed by atoms with Gasteiger partial charge in [-0.05, 0) is 30.3 Å². The van der Waals surface area contributed by atoms with E-state index >= 15 is 0 Å². The Morgan fingerprint density at radius 3 is 2.85 bits per heavy atom. The van der Waals surface area contributed by atoms with Gasteiger partial charge < -0.3 is 14.5 Å². The molecule has 26 heavy (non-hydrogen) atoms. The van der Waals surface area contributed by atoms with Crippen LogP contribution in [-0.2, 0) is 0 Å². The molecule has 2 aromatic heterocycles. The fourth-order valence-electron chi connectivity index (χ4n) is 2.76. The molecule has 0 saturated heterocycles. The third kappa shape index (κ3) is 2.79. The van der Waals surface area contributed by atoms with Crippen molar-refractivity contribution in [3.63, 3.8) is 0 Å². The van der Waals surface area contributed by atoms with Gasteiger partial charge in [-0.3, -0.25) is 9.89 Å². The fourth-order valence-corrected chi connectivity index (χ4v) is 2.76. The van der Waals surface area contributed by atoms with E-state index in [1.165, 1.54) is 25.5 Å². The van der Waals surface area contributed by atoms with Crippen LogP contribution in [0.5, 0.6) is 5.75 Å². The zero-order valence-corrected chi connectivity index (χ0v) is 13.7. The lowest BCUT2D eigenvalue weighted by atomic mass is 10.1. The number of aromatic amines is 1. The molecule has 0 aliphatic heterocycles. The Balaban J connectivity index is 1.80. The molecule has 0 radical (unpaired) electrons. The van der Waals surface area contributed by atoms with Gasteiger partial charge in [0, 0.05) is 17.0 Å². The van der Waals surface area contributed by atoms with Crippen LogP contribution in [0.15, 0.2) is 59.2 Å². The molecule has 4 aromatic rings. The van der Waals surface area contributed by atoms with Gasteiger partial charge in [0.15, 0.2) is 5.76 Å². The molecule has 0 saturated carbocycles. The highest BCUT2D eigenvalue weighted by molar-refractivity contribution is 6.05. The number of furan rings is 1. The third-order valence-corrected chi connectivity index (χ3v) is 3.97. The summed E-state index contributed by atoms with van der Waals surface area (Å²) >= 11 is 0. The topological polar surface area (TPSA) is 80.1 Å². The Bertz CT molecular complexity index is 1090. The van der Waals surface area contributed by atoms with Gasteiger partial charge in [-0.2, -0.15) is 5.10 Å². The van der Waals surface area contributed by atoms with Crippen molar-refractivity contribution in [2.45, 2.75) is 0 Å². The Morgan fingerprint density at radius 2 is 2.12 bits per heavy atom. The smallest absolute Gasteiger partial charge is 0.291 e. The number of H-pyrrole nitrogens is 1. The maximum atomic E-state index is 13.6. The number of carbonyl (C=O) groups excluding carboxylic acids is 1. The van der Waals surface area contributed by atoms with Crippen LogP contribution in [-0.4, -0.2) is 23.2 Å². The van der Waals surface area contributed by atoms with Crippen LogP contribution in [0.25, 0.3) is 22.2 Å². The van der Waals surface area contributed by atoms with Crippen LogP contribution in [0.3, 0.4) is 0 Å². The van der Waals surface area contributed by atoms with Crippen molar-refractivity contribution >= 4 is 22.5 Å². The number of fused-ring (bicyclic) bond motifs is 1. The van der Waals surface area contributed by atoms with Gasteiger partial charge in [0.2, 0.25) is 0 Å². The van der Waals surface area contributed by atoms with Crippen LogP contribution >= 0.6 is 0 Å². The molecule has 0 spiro atoms. The van der Waals surface area contributed by atoms with Crippen molar-refractivity contribution in [3.8, 4) is 17.0 Å². The second kappa shape index (κ2) is 6.36. The molecular weight excluding hydrogens is 337 g/mol. The minimum atomic E-state index is -0.400. The van der Waals surface area contributed by atoms with E-state index in [1.807, 2.05) is 0 Å². The van der Waals surface area contributed by atoms with Gasteiger partial charge in [-0.1, -0.05) is 12.1 Å². The molecule has 0 bridgehead atoms. The predicted octanol–water partition coefficient (Wildman–Crippen LogP) is 4.22. The van der Waals surface area contributed by atoms with E-state index in [-0.39, 0.29) is 11.6 Å². The number of rotatable bonds is 4. The first kappa shape index (κ1) is 15.9. The first-order chi connectivity index (χ1) is 12.7. The first-order valence-corrected chi connectivity index (χ1v) is 7.82. The monoisotopic (exact) mass is 351 g/mol. The molecule has 6 nitrogen and oxygen atoms in total. The van der Waals surface area contributed by atoms with Crippen molar-refractivity contribution in [1.29, 1.82) is 0 Å². The zero-order chi connectivity index (χ0) is 18.1. The summed E-state index contributed by atoms with van der Waals surface area (Å²) in [7, 11) is 1.51. The minimum Gasteiger partial charge on any atom is -0.494 e. The van der Waals surface area contributed by atoms with E-state index in [0.29, 0.717) is 28.2 Å². The molecule has 2 N–H and O–H groups in total. The Morgan fingerprint density at radius 1 is 1.23 bits per heavy atom. The van der Waals surface area contributed by atoms with E-state index in [0.717, 1.165) is 5.39 Å². The van der Waals surface area contributed by atoms with Crippen molar-refractivity contribution in [3.05, 3.63) is 66.4 Å². The van der Waals surface area contributed by atoms with E-state index in [2.05, 4.69) is 15.5 Å². The Labute approximate surface area is 147 Å². The maximum absolute atomic E-state index is 13.6. The predicted molar refractivity (Wildman–Crippen MR) is 94.7 cm³/mol. The summed E-state index contributed by atoms with van der Waals surface area (Å²) in [5.41, 5.74) is 2.37. The van der Waals surface area contributed by atoms with Gasteiger partial charge >= 0.3 is 0 Å². The Hall–Kier alpha value is -3.61. The second-order valence-corrected chi connectivity index (χ2v) is 5.61. The van der Waals surface area contributed by atoms with Crippen LogP contribution in [0.4, 0.5) is 10.1 Å². The quantitative estimate of drug-likeness (QED) is 0.577. The molecule has 0 aliphatic rings. The number of anilines is 1. The molecular formula is C19H14FN3O3. The van der Waals surface area contributed by atoms with E-state index in [4.69, 9.17) is 9.15 Å². The second-order valence-electron chi connectivity index (χ2n) is 5.61. The molecule has 2 aromatic carbocycles. The molecule has 130 valence electrons. The number of methoxy groups -OCH3 is 1. The summed E-state index contributed by atoms with van der Waals surface area (Å²) in [6, 6.07) is 12.8. The van der Waals surface area contributed by atoms with Gasteiger partial charge in [0.1, 0.15) is 17.3 Å². The molecule has 0 fully saturated rings. The van der Waals surface area contributed by atoms with Gasteiger partial charge in [0.25, 0.3) is 5.91 Å². The summed E-state index contributed by atoms with van der Waals surface area (Å²) in [6.45, 7) is 0. The van der Waals surface area contributed by atoms with Crippen LogP contribution < -0.4 is 10.1 Å². The van der Waals surface area contributed by atoms with Crippen LogP contribution in [0, 0.1) is 5.82 Å². The van der Waals surface area contributed by atoms with Gasteiger partial charge in [-0.25, -0.2) is 4.39 Å². The Kier molecular flexibility index (Phi) is 3.89. The average molecular weight is 351 g/mol. The number of carbonyl (C=O) groups is 1. The molecule has 0 unspecified atom stereocenters.